The van der Waals surface area contributed by atoms with Crippen molar-refractivity contribution in [2.45, 2.75) is 25.3 Å². The van der Waals surface area contributed by atoms with E-state index in [-0.39, 0.29) is 35.3 Å². The van der Waals surface area contributed by atoms with Gasteiger partial charge in [0.25, 0.3) is 11.5 Å². The van der Waals surface area contributed by atoms with Gasteiger partial charge in [0.15, 0.2) is 0 Å². The molecule has 0 radical (unpaired) electrons. The number of fused-ring (bicyclic) bond motifs is 4. The van der Waals surface area contributed by atoms with Crippen molar-refractivity contribution >= 4 is 45.0 Å². The number of halogens is 1. The fourth-order valence-electron chi connectivity index (χ4n) is 7.97. The van der Waals surface area contributed by atoms with Crippen molar-refractivity contribution in [1.82, 2.24) is 18.6 Å². The molecule has 7 aromatic rings. The average molecular weight is 736 g/mol. The lowest BCUT2D eigenvalue weighted by Gasteiger charge is -2.42. The number of rotatable bonds is 8. The molecular weight excluding hydrogens is 698 g/mol. The molecular formula is C44H38ClN5O4. The van der Waals surface area contributed by atoms with Gasteiger partial charge in [-0.25, -0.2) is 9.36 Å². The maximum Gasteiger partial charge on any atom is 0.338 e. The predicted octanol–water partition coefficient (Wildman–Crippen LogP) is 7.57. The summed E-state index contributed by atoms with van der Waals surface area (Å²) in [7, 11) is 3.47. The molecule has 2 aromatic heterocycles. The maximum absolute atomic E-state index is 14.5. The standard InChI is InChI=1S/C44H38ClN5O4/c1-27(39-42(52)48(3)44(54)50(43(39)53)31-15-11-14-30(45)25-31)46-26-36-32-16-7-8-18-34(32)41(51)49(23-22-28-12-5-4-6-13-28)40(36)29-20-21-38-35(24-29)33-17-9-10-19-37(33)47(38)2/h4-21,24-25,36,40,52H,22-23,26H2,1-3H3/t36-,40-/m1/s1. The van der Waals surface area contributed by atoms with Gasteiger partial charge in [-0.05, 0) is 72.5 Å². The Morgan fingerprint density at radius 2 is 1.50 bits per heavy atom. The van der Waals surface area contributed by atoms with Crippen LogP contribution in [0.2, 0.25) is 5.02 Å². The number of aliphatic imine (C=N–C) groups is 1. The summed E-state index contributed by atoms with van der Waals surface area (Å²) in [5.41, 5.74) is 4.80. The van der Waals surface area contributed by atoms with Crippen molar-refractivity contribution in [1.29, 1.82) is 0 Å². The first-order valence-corrected chi connectivity index (χ1v) is 18.2. The molecule has 3 heterocycles. The van der Waals surface area contributed by atoms with Crippen LogP contribution in [-0.4, -0.2) is 48.4 Å². The Bertz CT molecular complexity index is 2750. The summed E-state index contributed by atoms with van der Waals surface area (Å²) in [6.45, 7) is 2.32. The normalized spacial score (nSPS) is 16.0. The predicted molar refractivity (Wildman–Crippen MR) is 215 cm³/mol. The van der Waals surface area contributed by atoms with Gasteiger partial charge in [0.2, 0.25) is 5.88 Å². The highest BCUT2D eigenvalue weighted by Crippen LogP contribution is 2.44. The summed E-state index contributed by atoms with van der Waals surface area (Å²) >= 11 is 6.23. The van der Waals surface area contributed by atoms with E-state index in [0.717, 1.165) is 47.6 Å². The minimum atomic E-state index is -0.714. The summed E-state index contributed by atoms with van der Waals surface area (Å²) in [6, 6.07) is 38.5. The zero-order valence-corrected chi connectivity index (χ0v) is 30.9. The monoisotopic (exact) mass is 735 g/mol. The molecule has 0 spiro atoms. The number of aryl methyl sites for hydroxylation is 1. The molecule has 8 rings (SSSR count). The van der Waals surface area contributed by atoms with Crippen LogP contribution in [0.1, 0.15) is 51.5 Å². The van der Waals surface area contributed by atoms with Gasteiger partial charge < -0.3 is 14.6 Å². The molecule has 0 bridgehead atoms. The number of benzene rings is 5. The first-order valence-electron chi connectivity index (χ1n) is 17.9. The van der Waals surface area contributed by atoms with E-state index in [0.29, 0.717) is 23.6 Å². The number of hydrogen-bond donors (Lipinski definition) is 1. The van der Waals surface area contributed by atoms with E-state index in [4.69, 9.17) is 16.6 Å². The minimum absolute atomic E-state index is 0.0541. The van der Waals surface area contributed by atoms with Crippen LogP contribution in [0.15, 0.2) is 136 Å². The molecule has 0 aliphatic carbocycles. The van der Waals surface area contributed by atoms with Crippen LogP contribution < -0.4 is 11.2 Å². The first kappa shape index (κ1) is 34.9. The van der Waals surface area contributed by atoms with Crippen LogP contribution in [0.25, 0.3) is 27.5 Å². The quantitative estimate of drug-likeness (QED) is 0.163. The third kappa shape index (κ3) is 5.90. The first-order chi connectivity index (χ1) is 26.1. The minimum Gasteiger partial charge on any atom is -0.494 e. The van der Waals surface area contributed by atoms with Gasteiger partial charge >= 0.3 is 5.69 Å². The third-order valence-electron chi connectivity index (χ3n) is 10.7. The second-order valence-electron chi connectivity index (χ2n) is 13.8. The van der Waals surface area contributed by atoms with E-state index in [2.05, 4.69) is 54.1 Å². The van der Waals surface area contributed by atoms with E-state index in [9.17, 15) is 19.5 Å². The number of hydrogen-bond acceptors (Lipinski definition) is 5. The molecule has 1 N–H and O–H groups in total. The molecule has 1 amide bonds. The van der Waals surface area contributed by atoms with E-state index in [1.54, 1.807) is 25.1 Å². The Labute approximate surface area is 316 Å². The van der Waals surface area contributed by atoms with Gasteiger partial charge in [0.05, 0.1) is 11.7 Å². The van der Waals surface area contributed by atoms with Crippen molar-refractivity contribution < 1.29 is 9.90 Å². The van der Waals surface area contributed by atoms with Gasteiger partial charge in [-0.15, -0.1) is 0 Å². The van der Waals surface area contributed by atoms with Crippen LogP contribution in [-0.2, 0) is 20.5 Å². The number of nitrogens with zero attached hydrogens (tertiary/aromatic N) is 5. The van der Waals surface area contributed by atoms with Crippen LogP contribution in [0.5, 0.6) is 5.88 Å². The van der Waals surface area contributed by atoms with Gasteiger partial charge in [-0.3, -0.25) is 19.1 Å². The van der Waals surface area contributed by atoms with E-state index in [1.807, 2.05) is 59.5 Å². The van der Waals surface area contributed by atoms with Crippen LogP contribution in [0.3, 0.4) is 0 Å². The van der Waals surface area contributed by atoms with E-state index in [1.165, 1.54) is 13.1 Å². The highest BCUT2D eigenvalue weighted by atomic mass is 35.5. The fourth-order valence-corrected chi connectivity index (χ4v) is 8.16. The highest BCUT2D eigenvalue weighted by Gasteiger charge is 2.40. The lowest BCUT2D eigenvalue weighted by Crippen LogP contribution is -2.44. The summed E-state index contributed by atoms with van der Waals surface area (Å²) < 4.78 is 4.20. The number of amides is 1. The largest absolute Gasteiger partial charge is 0.494 e. The maximum atomic E-state index is 14.5. The Kier molecular flexibility index (Phi) is 9.03. The van der Waals surface area contributed by atoms with Crippen molar-refractivity contribution in [3.05, 3.63) is 175 Å². The van der Waals surface area contributed by atoms with Gasteiger partial charge in [-0.1, -0.05) is 90.5 Å². The Morgan fingerprint density at radius 3 is 2.30 bits per heavy atom. The Morgan fingerprint density at radius 1 is 0.778 bits per heavy atom. The zero-order valence-electron chi connectivity index (χ0n) is 30.1. The van der Waals surface area contributed by atoms with Crippen molar-refractivity contribution in [2.24, 2.45) is 19.1 Å². The Balaban J connectivity index is 1.28. The molecule has 0 saturated carbocycles. The van der Waals surface area contributed by atoms with E-state index >= 15 is 0 Å². The molecule has 2 atom stereocenters. The topological polar surface area (TPSA) is 102 Å². The number of aromatic nitrogens is 3. The molecule has 10 heteroatoms. The molecule has 0 unspecified atom stereocenters. The number of aromatic hydroxyl groups is 1. The molecule has 1 aliphatic heterocycles. The van der Waals surface area contributed by atoms with Crippen LogP contribution >= 0.6 is 11.6 Å². The second-order valence-corrected chi connectivity index (χ2v) is 14.2. The van der Waals surface area contributed by atoms with Crippen LogP contribution in [0.4, 0.5) is 0 Å². The third-order valence-corrected chi connectivity index (χ3v) is 11.0. The van der Waals surface area contributed by atoms with Crippen molar-refractivity contribution in [3.63, 3.8) is 0 Å². The lowest BCUT2D eigenvalue weighted by molar-refractivity contribution is 0.0614. The summed E-state index contributed by atoms with van der Waals surface area (Å²) in [5, 5.41) is 13.8. The molecule has 1 aliphatic rings. The Hall–Kier alpha value is -6.19. The summed E-state index contributed by atoms with van der Waals surface area (Å²) in [5.74, 6) is -0.852. The van der Waals surface area contributed by atoms with Gasteiger partial charge in [-0.2, -0.15) is 0 Å². The zero-order chi connectivity index (χ0) is 37.7. The number of carbonyl (C=O) groups is 1. The van der Waals surface area contributed by atoms with E-state index < -0.39 is 23.2 Å². The summed E-state index contributed by atoms with van der Waals surface area (Å²) in [4.78, 5) is 48.8. The molecule has 5 aromatic carbocycles. The van der Waals surface area contributed by atoms with Crippen molar-refractivity contribution in [3.8, 4) is 11.6 Å². The van der Waals surface area contributed by atoms with Crippen LogP contribution in [0, 0.1) is 0 Å². The number of carbonyl (C=O) groups excluding carboxylic acids is 1. The summed E-state index contributed by atoms with van der Waals surface area (Å²) in [6.07, 6.45) is 0.658. The molecule has 270 valence electrons. The molecule has 0 saturated heterocycles. The SMILES string of the molecule is CC(=NC[C@@H]1c2ccccc2C(=O)N(CCc2ccccc2)[C@@H]1c1ccc2c(c1)c1ccccc1n2C)c1c(O)n(C)c(=O)n(-c2cccc(Cl)c2)c1=O. The molecule has 9 nitrogen and oxygen atoms in total. The molecule has 54 heavy (non-hydrogen) atoms. The van der Waals surface area contributed by atoms with Gasteiger partial charge in [0, 0.05) is 71.2 Å². The van der Waals surface area contributed by atoms with Gasteiger partial charge in [0.1, 0.15) is 5.56 Å². The highest BCUT2D eigenvalue weighted by molar-refractivity contribution is 6.30. The average Bonchev–Trinajstić information content (AvgIpc) is 3.47. The number of para-hydroxylation sites is 1. The molecule has 0 fully saturated rings. The second kappa shape index (κ2) is 14.0. The smallest absolute Gasteiger partial charge is 0.338 e. The van der Waals surface area contributed by atoms with Crippen molar-refractivity contribution in [2.75, 3.05) is 13.1 Å². The lowest BCUT2D eigenvalue weighted by atomic mass is 9.79. The fraction of sp³-hybridized carbons (Fsp3) is 0.182.